The molecular formula is C16H24BrNO3. The van der Waals surface area contributed by atoms with Gasteiger partial charge in [0.15, 0.2) is 11.5 Å². The lowest BCUT2D eigenvalue weighted by Gasteiger charge is -2.19. The lowest BCUT2D eigenvalue weighted by molar-refractivity contribution is 0.0793. The molecule has 4 nitrogen and oxygen atoms in total. The first-order chi connectivity index (χ1) is 9.99. The van der Waals surface area contributed by atoms with Gasteiger partial charge in [0.2, 0.25) is 0 Å². The average molecular weight is 358 g/mol. The summed E-state index contributed by atoms with van der Waals surface area (Å²) in [4.78, 5) is 14.5. The average Bonchev–Trinajstić information content (AvgIpc) is 2.46. The molecule has 0 fully saturated rings. The predicted molar refractivity (Wildman–Crippen MR) is 88.7 cm³/mol. The molecule has 5 heteroatoms. The lowest BCUT2D eigenvalue weighted by Crippen LogP contribution is -2.28. The molecule has 0 heterocycles. The SMILES string of the molecule is CCOc1ccc(C(=O)N(C)CCC(C)Br)cc1OCC. The maximum atomic E-state index is 12.4. The van der Waals surface area contributed by atoms with Gasteiger partial charge in [-0.3, -0.25) is 4.79 Å². The third kappa shape index (κ3) is 5.58. The van der Waals surface area contributed by atoms with Crippen LogP contribution >= 0.6 is 15.9 Å². The molecule has 0 aliphatic carbocycles. The Morgan fingerprint density at radius 1 is 1.24 bits per heavy atom. The smallest absolute Gasteiger partial charge is 0.253 e. The van der Waals surface area contributed by atoms with Crippen molar-refractivity contribution in [2.45, 2.75) is 32.0 Å². The van der Waals surface area contributed by atoms with Crippen molar-refractivity contribution in [1.29, 1.82) is 0 Å². The third-order valence-corrected chi connectivity index (χ3v) is 3.46. The number of alkyl halides is 1. The summed E-state index contributed by atoms with van der Waals surface area (Å²) >= 11 is 3.49. The number of ether oxygens (including phenoxy) is 2. The number of hydrogen-bond donors (Lipinski definition) is 0. The minimum atomic E-state index is -0.00727. The van der Waals surface area contributed by atoms with Crippen LogP contribution in [0.25, 0.3) is 0 Å². The second kappa shape index (κ2) is 8.93. The molecule has 0 spiro atoms. The van der Waals surface area contributed by atoms with Crippen LogP contribution in [-0.4, -0.2) is 42.4 Å². The summed E-state index contributed by atoms with van der Waals surface area (Å²) in [6.07, 6.45) is 0.914. The standard InChI is InChI=1S/C16H24BrNO3/c1-5-20-14-8-7-13(11-15(14)21-6-2)16(19)18(4)10-9-12(3)17/h7-8,11-12H,5-6,9-10H2,1-4H3. The lowest BCUT2D eigenvalue weighted by atomic mass is 10.1. The molecular weight excluding hydrogens is 334 g/mol. The summed E-state index contributed by atoms with van der Waals surface area (Å²) in [5, 5.41) is 0. The van der Waals surface area contributed by atoms with E-state index in [1.54, 1.807) is 23.1 Å². The first-order valence-electron chi connectivity index (χ1n) is 7.28. The number of nitrogens with zero attached hydrogens (tertiary/aromatic N) is 1. The molecule has 0 saturated carbocycles. The molecule has 0 radical (unpaired) electrons. The fourth-order valence-corrected chi connectivity index (χ4v) is 2.08. The Balaban J connectivity index is 2.86. The number of amides is 1. The summed E-state index contributed by atoms with van der Waals surface area (Å²) < 4.78 is 11.1. The number of benzene rings is 1. The molecule has 0 saturated heterocycles. The minimum Gasteiger partial charge on any atom is -0.490 e. The van der Waals surface area contributed by atoms with E-state index in [9.17, 15) is 4.79 Å². The van der Waals surface area contributed by atoms with E-state index in [2.05, 4.69) is 22.9 Å². The Morgan fingerprint density at radius 2 is 1.86 bits per heavy atom. The minimum absolute atomic E-state index is 0.00727. The second-order valence-corrected chi connectivity index (χ2v) is 6.39. The molecule has 1 aromatic rings. The van der Waals surface area contributed by atoms with Crippen molar-refractivity contribution in [2.75, 3.05) is 26.8 Å². The summed E-state index contributed by atoms with van der Waals surface area (Å²) in [6, 6.07) is 5.33. The molecule has 0 aliphatic rings. The van der Waals surface area contributed by atoms with Crippen molar-refractivity contribution in [2.24, 2.45) is 0 Å². The molecule has 1 atom stereocenters. The van der Waals surface area contributed by atoms with Crippen LogP contribution in [0.2, 0.25) is 0 Å². The van der Waals surface area contributed by atoms with Gasteiger partial charge in [-0.15, -0.1) is 0 Å². The molecule has 1 aromatic carbocycles. The van der Waals surface area contributed by atoms with Crippen LogP contribution in [-0.2, 0) is 0 Å². The van der Waals surface area contributed by atoms with Gasteiger partial charge in [0, 0.05) is 24.0 Å². The van der Waals surface area contributed by atoms with Gasteiger partial charge in [-0.25, -0.2) is 0 Å². The fourth-order valence-electron chi connectivity index (χ4n) is 1.88. The summed E-state index contributed by atoms with van der Waals surface area (Å²) in [5.41, 5.74) is 0.617. The van der Waals surface area contributed by atoms with Gasteiger partial charge in [-0.05, 0) is 38.5 Å². The number of halogens is 1. The van der Waals surface area contributed by atoms with Gasteiger partial charge in [-0.2, -0.15) is 0 Å². The Labute approximate surface area is 135 Å². The van der Waals surface area contributed by atoms with E-state index in [-0.39, 0.29) is 5.91 Å². The van der Waals surface area contributed by atoms with Gasteiger partial charge < -0.3 is 14.4 Å². The van der Waals surface area contributed by atoms with Crippen LogP contribution in [0.1, 0.15) is 37.6 Å². The third-order valence-electron chi connectivity index (χ3n) is 3.00. The van der Waals surface area contributed by atoms with Crippen LogP contribution in [0.4, 0.5) is 0 Å². The number of rotatable bonds is 8. The molecule has 1 rings (SSSR count). The molecule has 1 unspecified atom stereocenters. The Kier molecular flexibility index (Phi) is 7.57. The summed E-state index contributed by atoms with van der Waals surface area (Å²) in [5.74, 6) is 1.28. The highest BCUT2D eigenvalue weighted by molar-refractivity contribution is 9.09. The second-order valence-electron chi connectivity index (χ2n) is 4.82. The van der Waals surface area contributed by atoms with Crippen LogP contribution in [0.3, 0.4) is 0 Å². The van der Waals surface area contributed by atoms with Gasteiger partial charge in [0.25, 0.3) is 5.91 Å². The van der Waals surface area contributed by atoms with E-state index in [1.807, 2.05) is 20.9 Å². The van der Waals surface area contributed by atoms with E-state index in [1.165, 1.54) is 0 Å². The molecule has 0 bridgehead atoms. The normalized spacial score (nSPS) is 11.9. The van der Waals surface area contributed by atoms with E-state index in [4.69, 9.17) is 9.47 Å². The van der Waals surface area contributed by atoms with Crippen molar-refractivity contribution >= 4 is 21.8 Å². The maximum absolute atomic E-state index is 12.4. The van der Waals surface area contributed by atoms with Crippen molar-refractivity contribution in [3.05, 3.63) is 23.8 Å². The number of carbonyl (C=O) groups excluding carboxylic acids is 1. The number of hydrogen-bond acceptors (Lipinski definition) is 3. The van der Waals surface area contributed by atoms with Crippen molar-refractivity contribution < 1.29 is 14.3 Å². The van der Waals surface area contributed by atoms with Crippen molar-refractivity contribution in [3.63, 3.8) is 0 Å². The highest BCUT2D eigenvalue weighted by Crippen LogP contribution is 2.29. The highest BCUT2D eigenvalue weighted by atomic mass is 79.9. The van der Waals surface area contributed by atoms with E-state index >= 15 is 0 Å². The van der Waals surface area contributed by atoms with Gasteiger partial charge in [-0.1, -0.05) is 22.9 Å². The molecule has 118 valence electrons. The molecule has 0 N–H and O–H groups in total. The quantitative estimate of drug-likeness (QED) is 0.665. The Hall–Kier alpha value is -1.23. The van der Waals surface area contributed by atoms with Gasteiger partial charge in [0.1, 0.15) is 0 Å². The number of carbonyl (C=O) groups is 1. The van der Waals surface area contributed by atoms with Crippen LogP contribution < -0.4 is 9.47 Å². The topological polar surface area (TPSA) is 38.8 Å². The van der Waals surface area contributed by atoms with Crippen LogP contribution in [0.15, 0.2) is 18.2 Å². The summed E-state index contributed by atoms with van der Waals surface area (Å²) in [6.45, 7) is 7.72. The fraction of sp³-hybridized carbons (Fsp3) is 0.562. The highest BCUT2D eigenvalue weighted by Gasteiger charge is 2.15. The Morgan fingerprint density at radius 3 is 2.43 bits per heavy atom. The van der Waals surface area contributed by atoms with E-state index in [0.29, 0.717) is 41.6 Å². The zero-order valence-electron chi connectivity index (χ0n) is 13.2. The molecule has 0 aliphatic heterocycles. The van der Waals surface area contributed by atoms with Crippen molar-refractivity contribution in [3.8, 4) is 11.5 Å². The first kappa shape index (κ1) is 17.8. The van der Waals surface area contributed by atoms with Crippen LogP contribution in [0.5, 0.6) is 11.5 Å². The predicted octanol–water partition coefficient (Wildman–Crippen LogP) is 3.73. The van der Waals surface area contributed by atoms with Crippen molar-refractivity contribution in [1.82, 2.24) is 4.90 Å². The zero-order chi connectivity index (χ0) is 15.8. The zero-order valence-corrected chi connectivity index (χ0v) is 14.8. The molecule has 1 amide bonds. The summed E-state index contributed by atoms with van der Waals surface area (Å²) in [7, 11) is 1.81. The van der Waals surface area contributed by atoms with E-state index in [0.717, 1.165) is 6.42 Å². The van der Waals surface area contributed by atoms with Gasteiger partial charge in [0.05, 0.1) is 13.2 Å². The molecule has 0 aromatic heterocycles. The largest absolute Gasteiger partial charge is 0.490 e. The van der Waals surface area contributed by atoms with E-state index < -0.39 is 0 Å². The first-order valence-corrected chi connectivity index (χ1v) is 8.20. The molecule has 21 heavy (non-hydrogen) atoms. The van der Waals surface area contributed by atoms with Crippen LogP contribution in [0, 0.1) is 0 Å². The maximum Gasteiger partial charge on any atom is 0.253 e. The monoisotopic (exact) mass is 357 g/mol. The van der Waals surface area contributed by atoms with Gasteiger partial charge >= 0.3 is 0 Å². The Bertz CT molecular complexity index is 463.